The molecule has 1 amide bonds. The predicted molar refractivity (Wildman–Crippen MR) is 55.2 cm³/mol. The van der Waals surface area contributed by atoms with Crippen LogP contribution in [0.2, 0.25) is 0 Å². The number of rotatable bonds is 6. The van der Waals surface area contributed by atoms with E-state index in [1.165, 1.54) is 6.92 Å². The van der Waals surface area contributed by atoms with E-state index in [2.05, 4.69) is 10.1 Å². The molecular weight excluding hydrogens is 218 g/mol. The molecule has 0 bridgehead atoms. The Morgan fingerprint density at radius 1 is 1.75 bits per heavy atom. The molecule has 0 saturated carbocycles. The van der Waals surface area contributed by atoms with Gasteiger partial charge in [0.15, 0.2) is 5.71 Å². The Hall–Kier alpha value is -1.96. The van der Waals surface area contributed by atoms with Crippen LogP contribution in [0.5, 0.6) is 0 Å². The van der Waals surface area contributed by atoms with Crippen molar-refractivity contribution in [1.82, 2.24) is 0 Å². The molecule has 8 nitrogen and oxygen atoms in total. The monoisotopic (exact) mass is 231 g/mol. The fourth-order valence-corrected chi connectivity index (χ4v) is 1.02. The van der Waals surface area contributed by atoms with E-state index in [0.717, 1.165) is 6.08 Å². The summed E-state index contributed by atoms with van der Waals surface area (Å²) in [5.74, 6) is -0.949. The predicted octanol–water partition coefficient (Wildman–Crippen LogP) is 0.319. The Labute approximate surface area is 91.4 Å². The second-order valence-corrected chi connectivity index (χ2v) is 2.96. The molecule has 0 saturated heterocycles. The Kier molecular flexibility index (Phi) is 5.71. The van der Waals surface area contributed by atoms with E-state index in [1.54, 1.807) is 6.92 Å². The summed E-state index contributed by atoms with van der Waals surface area (Å²) in [4.78, 5) is 24.3. The molecular formula is C8H13N3O5. The number of oxime groups is 1. The number of nitrogens with two attached hydrogens (primary N) is 1. The van der Waals surface area contributed by atoms with E-state index >= 15 is 0 Å². The van der Waals surface area contributed by atoms with Crippen molar-refractivity contribution in [3.63, 3.8) is 0 Å². The minimum absolute atomic E-state index is 0.347. The third-order valence-electron chi connectivity index (χ3n) is 1.97. The highest BCUT2D eigenvalue weighted by Gasteiger charge is 2.19. The molecule has 0 aromatic carbocycles. The van der Waals surface area contributed by atoms with Crippen LogP contribution in [-0.2, 0) is 9.78 Å². The average Bonchev–Trinajstić information content (AvgIpc) is 2.22. The van der Waals surface area contributed by atoms with Crippen LogP contribution >= 0.6 is 0 Å². The van der Waals surface area contributed by atoms with Gasteiger partial charge in [-0.3, -0.25) is 14.9 Å². The van der Waals surface area contributed by atoms with Crippen LogP contribution in [0.3, 0.4) is 0 Å². The van der Waals surface area contributed by atoms with Gasteiger partial charge in [0.2, 0.25) is 6.04 Å². The van der Waals surface area contributed by atoms with E-state index in [4.69, 9.17) is 11.0 Å². The highest BCUT2D eigenvalue weighted by atomic mass is 17.2. The second kappa shape index (κ2) is 6.51. The summed E-state index contributed by atoms with van der Waals surface area (Å²) in [7, 11) is 0. The summed E-state index contributed by atoms with van der Waals surface area (Å²) in [6.07, 6.45) is 1.48. The van der Waals surface area contributed by atoms with Gasteiger partial charge in [-0.15, -0.1) is 0 Å². The molecule has 0 aliphatic carbocycles. The van der Waals surface area contributed by atoms with Crippen molar-refractivity contribution < 1.29 is 20.0 Å². The zero-order chi connectivity index (χ0) is 12.7. The summed E-state index contributed by atoms with van der Waals surface area (Å²) in [5, 5.41) is 21.5. The van der Waals surface area contributed by atoms with Crippen LogP contribution in [0.4, 0.5) is 0 Å². The van der Waals surface area contributed by atoms with E-state index in [9.17, 15) is 14.9 Å². The van der Waals surface area contributed by atoms with Crippen LogP contribution in [-0.4, -0.2) is 27.8 Å². The lowest BCUT2D eigenvalue weighted by Crippen LogP contribution is -2.25. The van der Waals surface area contributed by atoms with Crippen molar-refractivity contribution in [1.29, 1.82) is 0 Å². The number of primary amides is 1. The van der Waals surface area contributed by atoms with E-state index in [1.807, 2.05) is 0 Å². The van der Waals surface area contributed by atoms with Gasteiger partial charge >= 0.3 is 0 Å². The Bertz CT molecular complexity index is 337. The smallest absolute Gasteiger partial charge is 0.270 e. The standard InChI is InChI=1S/C8H13N3O5/c1-3-6(5(2)11(13)14)4-7(8(9)12)10-16-15/h4-5,15H,3H2,1-2H3,(H2,9,12)/b6-4+,10-7-. The van der Waals surface area contributed by atoms with Gasteiger partial charge in [0.25, 0.3) is 5.91 Å². The van der Waals surface area contributed by atoms with Crippen molar-refractivity contribution >= 4 is 11.6 Å². The molecule has 0 spiro atoms. The molecule has 0 rings (SSSR count). The lowest BCUT2D eigenvalue weighted by atomic mass is 10.0. The fraction of sp³-hybridized carbons (Fsp3) is 0.500. The lowest BCUT2D eigenvalue weighted by Gasteiger charge is -2.06. The minimum Gasteiger partial charge on any atom is -0.364 e. The molecule has 0 radical (unpaired) electrons. The minimum atomic E-state index is -0.965. The van der Waals surface area contributed by atoms with Gasteiger partial charge in [-0.25, -0.2) is 4.99 Å². The average molecular weight is 231 g/mol. The zero-order valence-electron chi connectivity index (χ0n) is 8.91. The summed E-state index contributed by atoms with van der Waals surface area (Å²) in [5.41, 5.74) is 4.89. The lowest BCUT2D eigenvalue weighted by molar-refractivity contribution is -0.507. The quantitative estimate of drug-likeness (QED) is 0.294. The maximum atomic E-state index is 10.8. The zero-order valence-corrected chi connectivity index (χ0v) is 8.91. The molecule has 0 heterocycles. The van der Waals surface area contributed by atoms with Gasteiger partial charge in [0.1, 0.15) is 0 Å². The van der Waals surface area contributed by atoms with E-state index in [0.29, 0.717) is 12.0 Å². The van der Waals surface area contributed by atoms with Crippen LogP contribution < -0.4 is 5.73 Å². The molecule has 8 heteroatoms. The first-order valence-electron chi connectivity index (χ1n) is 4.46. The molecule has 1 atom stereocenters. The molecule has 1 unspecified atom stereocenters. The molecule has 0 aromatic rings. The molecule has 0 aromatic heterocycles. The van der Waals surface area contributed by atoms with Crippen LogP contribution in [0.1, 0.15) is 20.3 Å². The Balaban J connectivity index is 5.13. The maximum absolute atomic E-state index is 10.8. The van der Waals surface area contributed by atoms with Crippen LogP contribution in [0, 0.1) is 10.1 Å². The molecule has 0 aliphatic rings. The first-order chi connectivity index (χ1) is 7.43. The molecule has 16 heavy (non-hydrogen) atoms. The van der Waals surface area contributed by atoms with Crippen LogP contribution in [0.15, 0.2) is 16.8 Å². The van der Waals surface area contributed by atoms with E-state index < -0.39 is 16.9 Å². The third kappa shape index (κ3) is 4.05. The highest BCUT2D eigenvalue weighted by molar-refractivity contribution is 6.42. The maximum Gasteiger partial charge on any atom is 0.270 e. The Morgan fingerprint density at radius 3 is 2.62 bits per heavy atom. The summed E-state index contributed by atoms with van der Waals surface area (Å²) >= 11 is 0. The van der Waals surface area contributed by atoms with Gasteiger partial charge in [-0.05, 0) is 17.7 Å². The van der Waals surface area contributed by atoms with Gasteiger partial charge < -0.3 is 5.73 Å². The van der Waals surface area contributed by atoms with Crippen molar-refractivity contribution in [2.75, 3.05) is 0 Å². The van der Waals surface area contributed by atoms with Crippen molar-refractivity contribution in [2.45, 2.75) is 26.3 Å². The topological polar surface area (TPSA) is 128 Å². The van der Waals surface area contributed by atoms with Gasteiger partial charge in [0.05, 0.1) is 0 Å². The number of amides is 1. The highest BCUT2D eigenvalue weighted by Crippen LogP contribution is 2.10. The number of nitrogens with zero attached hydrogens (tertiary/aromatic N) is 2. The number of carbonyl (C=O) groups excluding carboxylic acids is 1. The van der Waals surface area contributed by atoms with Gasteiger partial charge in [-0.2, -0.15) is 5.26 Å². The van der Waals surface area contributed by atoms with E-state index in [-0.39, 0.29) is 5.71 Å². The van der Waals surface area contributed by atoms with Gasteiger partial charge in [0, 0.05) is 17.4 Å². The van der Waals surface area contributed by atoms with Crippen LogP contribution in [0.25, 0.3) is 0 Å². The molecule has 3 N–H and O–H groups in total. The van der Waals surface area contributed by atoms with Crippen molar-refractivity contribution in [3.05, 3.63) is 21.8 Å². The second-order valence-electron chi connectivity index (χ2n) is 2.96. The number of hydrogen-bond donors (Lipinski definition) is 2. The summed E-state index contributed by atoms with van der Waals surface area (Å²) in [6, 6.07) is -0.965. The number of carbonyl (C=O) groups is 1. The SMILES string of the molecule is CC/C(=C\C(=N\OO)C(N)=O)C(C)[N+](=O)[O-]. The Morgan fingerprint density at radius 2 is 2.31 bits per heavy atom. The molecule has 0 aliphatic heterocycles. The van der Waals surface area contributed by atoms with Gasteiger partial charge in [-0.1, -0.05) is 6.92 Å². The van der Waals surface area contributed by atoms with Crippen molar-refractivity contribution in [2.24, 2.45) is 10.9 Å². The number of nitro groups is 1. The normalized spacial score (nSPS) is 14.4. The summed E-state index contributed by atoms with van der Waals surface area (Å²) in [6.45, 7) is 3.05. The largest absolute Gasteiger partial charge is 0.364 e. The molecule has 0 fully saturated rings. The fourth-order valence-electron chi connectivity index (χ4n) is 1.02. The number of hydrogen-bond acceptors (Lipinski definition) is 6. The van der Waals surface area contributed by atoms with Crippen molar-refractivity contribution in [3.8, 4) is 0 Å². The summed E-state index contributed by atoms with van der Waals surface area (Å²) < 4.78 is 0. The third-order valence-corrected chi connectivity index (χ3v) is 1.97. The first-order valence-corrected chi connectivity index (χ1v) is 4.46. The first kappa shape index (κ1) is 14.0. The molecule has 90 valence electrons.